The molecule has 1 aliphatic rings. The SMILES string of the molecule is COCCOCCCNCC1CCCCCC1. The zero-order valence-corrected chi connectivity index (χ0v) is 11.4. The summed E-state index contributed by atoms with van der Waals surface area (Å²) >= 11 is 0. The van der Waals surface area contributed by atoms with E-state index in [0.29, 0.717) is 6.61 Å². The molecule has 0 bridgehead atoms. The molecule has 0 saturated heterocycles. The molecule has 17 heavy (non-hydrogen) atoms. The maximum Gasteiger partial charge on any atom is 0.0700 e. The Hall–Kier alpha value is -0.120. The van der Waals surface area contributed by atoms with Gasteiger partial charge >= 0.3 is 0 Å². The number of hydrogen-bond acceptors (Lipinski definition) is 3. The van der Waals surface area contributed by atoms with Crippen molar-refractivity contribution in [3.8, 4) is 0 Å². The third kappa shape index (κ3) is 8.58. The molecule has 0 aromatic heterocycles. The first-order chi connectivity index (χ1) is 8.43. The lowest BCUT2D eigenvalue weighted by molar-refractivity contribution is 0.0694. The summed E-state index contributed by atoms with van der Waals surface area (Å²) in [6.07, 6.45) is 9.73. The second kappa shape index (κ2) is 11.0. The zero-order chi connectivity index (χ0) is 12.2. The molecule has 1 aliphatic carbocycles. The molecule has 3 heteroatoms. The van der Waals surface area contributed by atoms with Gasteiger partial charge in [-0.25, -0.2) is 0 Å². The monoisotopic (exact) mass is 243 g/mol. The van der Waals surface area contributed by atoms with Crippen molar-refractivity contribution in [3.05, 3.63) is 0 Å². The molecule has 1 fully saturated rings. The Balaban J connectivity index is 1.82. The predicted molar refractivity (Wildman–Crippen MR) is 71.4 cm³/mol. The van der Waals surface area contributed by atoms with Crippen LogP contribution >= 0.6 is 0 Å². The molecule has 0 unspecified atom stereocenters. The minimum absolute atomic E-state index is 0.704. The van der Waals surface area contributed by atoms with E-state index in [0.717, 1.165) is 32.1 Å². The molecular formula is C14H29NO2. The van der Waals surface area contributed by atoms with E-state index >= 15 is 0 Å². The van der Waals surface area contributed by atoms with Crippen molar-refractivity contribution < 1.29 is 9.47 Å². The van der Waals surface area contributed by atoms with Gasteiger partial charge in [-0.05, 0) is 38.3 Å². The quantitative estimate of drug-likeness (QED) is 0.499. The van der Waals surface area contributed by atoms with Crippen LogP contribution in [0.3, 0.4) is 0 Å². The number of ether oxygens (including phenoxy) is 2. The third-order valence-corrected chi connectivity index (χ3v) is 3.48. The molecular weight excluding hydrogens is 214 g/mol. The van der Waals surface area contributed by atoms with E-state index in [9.17, 15) is 0 Å². The molecule has 0 aliphatic heterocycles. The Kier molecular flexibility index (Phi) is 9.66. The van der Waals surface area contributed by atoms with Crippen LogP contribution in [-0.4, -0.2) is 40.0 Å². The molecule has 0 atom stereocenters. The van der Waals surface area contributed by atoms with Gasteiger partial charge in [-0.2, -0.15) is 0 Å². The van der Waals surface area contributed by atoms with Gasteiger partial charge in [0.15, 0.2) is 0 Å². The molecule has 0 spiro atoms. The lowest BCUT2D eigenvalue weighted by Gasteiger charge is -2.14. The zero-order valence-electron chi connectivity index (χ0n) is 11.4. The Morgan fingerprint density at radius 1 is 1.00 bits per heavy atom. The highest BCUT2D eigenvalue weighted by atomic mass is 16.5. The number of methoxy groups -OCH3 is 1. The van der Waals surface area contributed by atoms with Gasteiger partial charge in [-0.15, -0.1) is 0 Å². The standard InChI is InChI=1S/C14H29NO2/c1-16-11-12-17-10-6-9-15-13-14-7-4-2-3-5-8-14/h14-15H,2-13H2,1H3. The van der Waals surface area contributed by atoms with E-state index in [4.69, 9.17) is 9.47 Å². The summed E-state index contributed by atoms with van der Waals surface area (Å²) in [5.74, 6) is 0.923. The summed E-state index contributed by atoms with van der Waals surface area (Å²) in [5.41, 5.74) is 0. The van der Waals surface area contributed by atoms with Gasteiger partial charge in [0, 0.05) is 13.7 Å². The van der Waals surface area contributed by atoms with Gasteiger partial charge < -0.3 is 14.8 Å². The molecule has 1 N–H and O–H groups in total. The average Bonchev–Trinajstić information content (AvgIpc) is 2.61. The molecule has 1 rings (SSSR count). The van der Waals surface area contributed by atoms with Gasteiger partial charge in [0.2, 0.25) is 0 Å². The van der Waals surface area contributed by atoms with Gasteiger partial charge in [-0.3, -0.25) is 0 Å². The van der Waals surface area contributed by atoms with Crippen molar-refractivity contribution in [1.29, 1.82) is 0 Å². The van der Waals surface area contributed by atoms with Crippen LogP contribution in [0.25, 0.3) is 0 Å². The van der Waals surface area contributed by atoms with Crippen molar-refractivity contribution in [1.82, 2.24) is 5.32 Å². The van der Waals surface area contributed by atoms with Crippen LogP contribution in [0.15, 0.2) is 0 Å². The van der Waals surface area contributed by atoms with Gasteiger partial charge in [0.05, 0.1) is 13.2 Å². The fraction of sp³-hybridized carbons (Fsp3) is 1.00. The fourth-order valence-electron chi connectivity index (χ4n) is 2.42. The van der Waals surface area contributed by atoms with E-state index in [2.05, 4.69) is 5.32 Å². The minimum atomic E-state index is 0.704. The van der Waals surface area contributed by atoms with Crippen molar-refractivity contribution in [2.45, 2.75) is 44.9 Å². The average molecular weight is 243 g/mol. The summed E-state index contributed by atoms with van der Waals surface area (Å²) in [7, 11) is 1.71. The van der Waals surface area contributed by atoms with Crippen molar-refractivity contribution in [2.24, 2.45) is 5.92 Å². The summed E-state index contributed by atoms with van der Waals surface area (Å²) < 4.78 is 10.3. The first-order valence-electron chi connectivity index (χ1n) is 7.21. The normalized spacial score (nSPS) is 18.2. The summed E-state index contributed by atoms with van der Waals surface area (Å²) in [5, 5.41) is 3.56. The molecule has 1 saturated carbocycles. The van der Waals surface area contributed by atoms with E-state index in [1.165, 1.54) is 45.1 Å². The van der Waals surface area contributed by atoms with Crippen LogP contribution in [0.2, 0.25) is 0 Å². The van der Waals surface area contributed by atoms with E-state index in [-0.39, 0.29) is 0 Å². The second-order valence-electron chi connectivity index (χ2n) is 5.02. The predicted octanol–water partition coefficient (Wildman–Crippen LogP) is 2.60. The minimum Gasteiger partial charge on any atom is -0.382 e. The third-order valence-electron chi connectivity index (χ3n) is 3.48. The van der Waals surface area contributed by atoms with Crippen LogP contribution in [0.5, 0.6) is 0 Å². The van der Waals surface area contributed by atoms with Crippen LogP contribution in [0.1, 0.15) is 44.9 Å². The first kappa shape index (κ1) is 14.9. The summed E-state index contributed by atoms with van der Waals surface area (Å²) in [6.45, 7) is 4.57. The van der Waals surface area contributed by atoms with E-state index < -0.39 is 0 Å². The highest BCUT2D eigenvalue weighted by Crippen LogP contribution is 2.21. The fourth-order valence-corrected chi connectivity index (χ4v) is 2.42. The Morgan fingerprint density at radius 3 is 2.47 bits per heavy atom. The largest absolute Gasteiger partial charge is 0.382 e. The number of rotatable bonds is 9. The van der Waals surface area contributed by atoms with Gasteiger partial charge in [0.25, 0.3) is 0 Å². The lowest BCUT2D eigenvalue weighted by Crippen LogP contribution is -2.24. The molecule has 0 aromatic carbocycles. The number of nitrogens with one attached hydrogen (secondary N) is 1. The van der Waals surface area contributed by atoms with Crippen LogP contribution in [0, 0.1) is 5.92 Å². The van der Waals surface area contributed by atoms with Crippen molar-refractivity contribution >= 4 is 0 Å². The molecule has 3 nitrogen and oxygen atoms in total. The van der Waals surface area contributed by atoms with Crippen molar-refractivity contribution in [3.63, 3.8) is 0 Å². The maximum absolute atomic E-state index is 5.42. The second-order valence-corrected chi connectivity index (χ2v) is 5.02. The highest BCUT2D eigenvalue weighted by Gasteiger charge is 2.10. The van der Waals surface area contributed by atoms with Crippen LogP contribution < -0.4 is 5.32 Å². The topological polar surface area (TPSA) is 30.5 Å². The Morgan fingerprint density at radius 2 is 1.76 bits per heavy atom. The first-order valence-corrected chi connectivity index (χ1v) is 7.21. The molecule has 0 aromatic rings. The summed E-state index contributed by atoms with van der Waals surface area (Å²) in [6, 6.07) is 0. The Bertz CT molecular complexity index is 156. The van der Waals surface area contributed by atoms with Gasteiger partial charge in [0.1, 0.15) is 0 Å². The van der Waals surface area contributed by atoms with Crippen molar-refractivity contribution in [2.75, 3.05) is 40.0 Å². The lowest BCUT2D eigenvalue weighted by atomic mass is 10.0. The molecule has 0 heterocycles. The smallest absolute Gasteiger partial charge is 0.0700 e. The highest BCUT2D eigenvalue weighted by molar-refractivity contribution is 4.66. The van der Waals surface area contributed by atoms with E-state index in [1.807, 2.05) is 0 Å². The summed E-state index contributed by atoms with van der Waals surface area (Å²) in [4.78, 5) is 0. The van der Waals surface area contributed by atoms with Crippen LogP contribution in [0.4, 0.5) is 0 Å². The Labute approximate surface area is 106 Å². The van der Waals surface area contributed by atoms with E-state index in [1.54, 1.807) is 7.11 Å². The van der Waals surface area contributed by atoms with Crippen LogP contribution in [-0.2, 0) is 9.47 Å². The van der Waals surface area contributed by atoms with Gasteiger partial charge in [-0.1, -0.05) is 25.7 Å². The molecule has 0 radical (unpaired) electrons. The molecule has 0 amide bonds. The molecule has 102 valence electrons. The maximum atomic E-state index is 5.42. The number of hydrogen-bond donors (Lipinski definition) is 1.